The monoisotopic (exact) mass is 280 g/mol. The third-order valence-electron chi connectivity index (χ3n) is 3.42. The lowest BCUT2D eigenvalue weighted by atomic mass is 10.0. The van der Waals surface area contributed by atoms with Gasteiger partial charge in [-0.25, -0.2) is 0 Å². The standard InChI is InChI=1S/C18H20N2O/c1-13-9-17(7-8-19)10-14(2)18(13)21-12-16-5-3-15(11-20)4-6-16/h3-6,9-10H,7-8,12,19H2,1-2H3. The topological polar surface area (TPSA) is 59.0 Å². The molecule has 0 heterocycles. The van der Waals surface area contributed by atoms with E-state index in [4.69, 9.17) is 15.7 Å². The largest absolute Gasteiger partial charge is 0.488 e. The van der Waals surface area contributed by atoms with Gasteiger partial charge in [-0.05, 0) is 61.2 Å². The first-order chi connectivity index (χ1) is 10.1. The van der Waals surface area contributed by atoms with E-state index in [-0.39, 0.29) is 0 Å². The van der Waals surface area contributed by atoms with E-state index in [1.807, 2.05) is 24.3 Å². The van der Waals surface area contributed by atoms with Gasteiger partial charge in [-0.1, -0.05) is 24.3 Å². The summed E-state index contributed by atoms with van der Waals surface area (Å²) in [5, 5.41) is 8.79. The Hall–Kier alpha value is -2.31. The number of hydrogen-bond acceptors (Lipinski definition) is 3. The van der Waals surface area contributed by atoms with Gasteiger partial charge in [0.1, 0.15) is 12.4 Å². The third-order valence-corrected chi connectivity index (χ3v) is 3.42. The molecule has 2 aromatic carbocycles. The molecule has 3 heteroatoms. The van der Waals surface area contributed by atoms with Crippen molar-refractivity contribution in [1.29, 1.82) is 5.26 Å². The van der Waals surface area contributed by atoms with E-state index in [9.17, 15) is 0 Å². The van der Waals surface area contributed by atoms with Crippen LogP contribution < -0.4 is 10.5 Å². The van der Waals surface area contributed by atoms with Gasteiger partial charge in [0.2, 0.25) is 0 Å². The van der Waals surface area contributed by atoms with Gasteiger partial charge in [0, 0.05) is 0 Å². The predicted molar refractivity (Wildman–Crippen MR) is 84.2 cm³/mol. The Balaban J connectivity index is 2.10. The number of nitrogens with zero attached hydrogens (tertiary/aromatic N) is 1. The second kappa shape index (κ2) is 6.92. The Bertz CT molecular complexity index is 631. The van der Waals surface area contributed by atoms with E-state index in [2.05, 4.69) is 32.0 Å². The SMILES string of the molecule is Cc1cc(CCN)cc(C)c1OCc1ccc(C#N)cc1. The van der Waals surface area contributed by atoms with Crippen molar-refractivity contribution in [2.75, 3.05) is 6.54 Å². The maximum Gasteiger partial charge on any atom is 0.125 e. The van der Waals surface area contributed by atoms with Gasteiger partial charge in [0.25, 0.3) is 0 Å². The van der Waals surface area contributed by atoms with Crippen LogP contribution in [0.3, 0.4) is 0 Å². The molecule has 2 aromatic rings. The maximum atomic E-state index is 8.79. The van der Waals surface area contributed by atoms with Gasteiger partial charge in [-0.15, -0.1) is 0 Å². The van der Waals surface area contributed by atoms with Crippen LogP contribution in [0.4, 0.5) is 0 Å². The minimum atomic E-state index is 0.504. The van der Waals surface area contributed by atoms with Crippen molar-refractivity contribution in [2.45, 2.75) is 26.9 Å². The zero-order valence-electron chi connectivity index (χ0n) is 12.5. The lowest BCUT2D eigenvalue weighted by molar-refractivity contribution is 0.302. The fourth-order valence-corrected chi connectivity index (χ4v) is 2.41. The second-order valence-electron chi connectivity index (χ2n) is 5.19. The Morgan fingerprint density at radius 3 is 2.19 bits per heavy atom. The van der Waals surface area contributed by atoms with Crippen LogP contribution in [0.1, 0.15) is 27.8 Å². The highest BCUT2D eigenvalue weighted by molar-refractivity contribution is 5.43. The molecule has 108 valence electrons. The third kappa shape index (κ3) is 3.84. The van der Waals surface area contributed by atoms with E-state index < -0.39 is 0 Å². The van der Waals surface area contributed by atoms with Crippen LogP contribution in [-0.2, 0) is 13.0 Å². The first-order valence-corrected chi connectivity index (χ1v) is 7.06. The molecule has 0 saturated heterocycles. The van der Waals surface area contributed by atoms with Crippen LogP contribution in [0.25, 0.3) is 0 Å². The molecule has 0 bridgehead atoms. The number of benzene rings is 2. The van der Waals surface area contributed by atoms with Crippen molar-refractivity contribution in [3.05, 3.63) is 64.2 Å². The number of nitriles is 1. The molecule has 21 heavy (non-hydrogen) atoms. The molecule has 0 fully saturated rings. The summed E-state index contributed by atoms with van der Waals surface area (Å²) in [4.78, 5) is 0. The van der Waals surface area contributed by atoms with Crippen LogP contribution in [0.15, 0.2) is 36.4 Å². The summed E-state index contributed by atoms with van der Waals surface area (Å²) < 4.78 is 5.95. The molecule has 0 unspecified atom stereocenters. The molecule has 0 aromatic heterocycles. The molecule has 0 spiro atoms. The number of hydrogen-bond donors (Lipinski definition) is 1. The number of ether oxygens (including phenoxy) is 1. The van der Waals surface area contributed by atoms with Gasteiger partial charge >= 0.3 is 0 Å². The fourth-order valence-electron chi connectivity index (χ4n) is 2.41. The van der Waals surface area contributed by atoms with Gasteiger partial charge in [-0.3, -0.25) is 0 Å². The quantitative estimate of drug-likeness (QED) is 0.914. The summed E-state index contributed by atoms with van der Waals surface area (Å²) in [7, 11) is 0. The van der Waals surface area contributed by atoms with Crippen LogP contribution in [-0.4, -0.2) is 6.54 Å². The maximum absolute atomic E-state index is 8.79. The Kier molecular flexibility index (Phi) is 4.97. The highest BCUT2D eigenvalue weighted by Gasteiger charge is 2.07. The van der Waals surface area contributed by atoms with Gasteiger partial charge in [0.15, 0.2) is 0 Å². The minimum Gasteiger partial charge on any atom is -0.488 e. The Labute approximate surface area is 126 Å². The molecular formula is C18H20N2O. The van der Waals surface area contributed by atoms with Crippen molar-refractivity contribution in [1.82, 2.24) is 0 Å². The fraction of sp³-hybridized carbons (Fsp3) is 0.278. The summed E-state index contributed by atoms with van der Waals surface area (Å²) >= 11 is 0. The predicted octanol–water partition coefficient (Wildman–Crippen LogP) is 3.26. The van der Waals surface area contributed by atoms with E-state index in [0.29, 0.717) is 18.7 Å². The molecule has 0 aliphatic rings. The van der Waals surface area contributed by atoms with Crippen molar-refractivity contribution in [3.63, 3.8) is 0 Å². The van der Waals surface area contributed by atoms with Gasteiger partial charge < -0.3 is 10.5 Å². The van der Waals surface area contributed by atoms with Crippen LogP contribution in [0, 0.1) is 25.2 Å². The molecule has 2 rings (SSSR count). The van der Waals surface area contributed by atoms with Crippen LogP contribution >= 0.6 is 0 Å². The van der Waals surface area contributed by atoms with Crippen molar-refractivity contribution in [3.8, 4) is 11.8 Å². The highest BCUT2D eigenvalue weighted by atomic mass is 16.5. The van der Waals surface area contributed by atoms with Crippen molar-refractivity contribution < 1.29 is 4.74 Å². The van der Waals surface area contributed by atoms with Crippen molar-refractivity contribution >= 4 is 0 Å². The normalized spacial score (nSPS) is 10.2. The van der Waals surface area contributed by atoms with Crippen LogP contribution in [0.2, 0.25) is 0 Å². The first kappa shape index (κ1) is 15.1. The summed E-state index contributed by atoms with van der Waals surface area (Å²) in [6.45, 7) is 5.27. The van der Waals surface area contributed by atoms with Crippen LogP contribution in [0.5, 0.6) is 5.75 Å². The molecule has 0 aliphatic carbocycles. The average molecular weight is 280 g/mol. The number of nitrogens with two attached hydrogens (primary N) is 1. The van der Waals surface area contributed by atoms with E-state index in [1.54, 1.807) is 0 Å². The molecular weight excluding hydrogens is 260 g/mol. The summed E-state index contributed by atoms with van der Waals surface area (Å²) in [6.07, 6.45) is 0.886. The second-order valence-corrected chi connectivity index (χ2v) is 5.19. The lowest BCUT2D eigenvalue weighted by Crippen LogP contribution is -2.05. The number of aryl methyl sites for hydroxylation is 2. The minimum absolute atomic E-state index is 0.504. The molecule has 3 nitrogen and oxygen atoms in total. The molecule has 0 amide bonds. The van der Waals surface area contributed by atoms with E-state index >= 15 is 0 Å². The first-order valence-electron chi connectivity index (χ1n) is 7.06. The molecule has 0 aliphatic heterocycles. The zero-order chi connectivity index (χ0) is 15.2. The van der Waals surface area contributed by atoms with Gasteiger partial charge in [-0.2, -0.15) is 5.26 Å². The molecule has 2 N–H and O–H groups in total. The Morgan fingerprint density at radius 1 is 1.05 bits per heavy atom. The molecule has 0 atom stereocenters. The smallest absolute Gasteiger partial charge is 0.125 e. The summed E-state index contributed by atoms with van der Waals surface area (Å²) in [5.41, 5.74) is 10.8. The van der Waals surface area contributed by atoms with E-state index in [0.717, 1.165) is 28.9 Å². The lowest BCUT2D eigenvalue weighted by Gasteiger charge is -2.14. The average Bonchev–Trinajstić information content (AvgIpc) is 2.47. The highest BCUT2D eigenvalue weighted by Crippen LogP contribution is 2.26. The Morgan fingerprint density at radius 2 is 1.67 bits per heavy atom. The molecule has 0 radical (unpaired) electrons. The zero-order valence-corrected chi connectivity index (χ0v) is 12.5. The summed E-state index contributed by atoms with van der Waals surface area (Å²) in [6, 6.07) is 13.8. The summed E-state index contributed by atoms with van der Waals surface area (Å²) in [5.74, 6) is 0.931. The van der Waals surface area contributed by atoms with E-state index in [1.165, 1.54) is 5.56 Å². The van der Waals surface area contributed by atoms with Gasteiger partial charge in [0.05, 0.1) is 11.6 Å². The molecule has 0 saturated carbocycles. The van der Waals surface area contributed by atoms with Crippen molar-refractivity contribution in [2.24, 2.45) is 5.73 Å². The number of rotatable bonds is 5.